The summed E-state index contributed by atoms with van der Waals surface area (Å²) < 4.78 is 5.24. The number of likely N-dealkylation sites (tertiary alicyclic amines) is 1. The van der Waals surface area contributed by atoms with Crippen molar-refractivity contribution in [1.82, 2.24) is 19.9 Å². The third-order valence-corrected chi connectivity index (χ3v) is 4.33. The van der Waals surface area contributed by atoms with Gasteiger partial charge in [0.05, 0.1) is 13.7 Å². The molecule has 0 saturated carbocycles. The lowest BCUT2D eigenvalue weighted by molar-refractivity contribution is 0.131. The Morgan fingerprint density at radius 3 is 2.68 bits per heavy atom. The Morgan fingerprint density at radius 1 is 1.20 bits per heavy atom. The number of rotatable bonds is 5. The van der Waals surface area contributed by atoms with Gasteiger partial charge in [0.15, 0.2) is 0 Å². The van der Waals surface area contributed by atoms with Crippen LogP contribution in [0.15, 0.2) is 24.3 Å². The smallest absolute Gasteiger partial charge is 0.232 e. The van der Waals surface area contributed by atoms with Crippen molar-refractivity contribution >= 4 is 17.6 Å². The summed E-state index contributed by atoms with van der Waals surface area (Å²) in [4.78, 5) is 15.4. The number of hydrogen-bond donors (Lipinski definition) is 2. The summed E-state index contributed by atoms with van der Waals surface area (Å²) in [6, 6.07) is 7.60. The number of aromatic nitrogens is 3. The molecule has 1 saturated heterocycles. The molecule has 0 amide bonds. The van der Waals surface area contributed by atoms with Crippen LogP contribution in [0.3, 0.4) is 0 Å². The number of ether oxygens (including phenoxy) is 1. The molecule has 3 N–H and O–H groups in total. The van der Waals surface area contributed by atoms with Gasteiger partial charge in [0.1, 0.15) is 11.6 Å². The molecule has 0 aliphatic carbocycles. The molecule has 134 valence electrons. The molecule has 2 atom stereocenters. The molecular weight excluding hydrogens is 316 g/mol. The average molecular weight is 342 g/mol. The minimum Gasteiger partial charge on any atom is -0.497 e. The van der Waals surface area contributed by atoms with Crippen LogP contribution in [0.4, 0.5) is 17.6 Å². The molecular formula is C18H26N6O. The molecule has 7 nitrogen and oxygen atoms in total. The fraction of sp³-hybridized carbons (Fsp3) is 0.500. The van der Waals surface area contributed by atoms with Gasteiger partial charge < -0.3 is 15.8 Å². The number of nitrogen functional groups attached to an aromatic ring is 1. The first-order chi connectivity index (χ1) is 12.0. The first kappa shape index (κ1) is 17.4. The Bertz CT molecular complexity index is 712. The zero-order valence-electron chi connectivity index (χ0n) is 15.1. The molecule has 0 radical (unpaired) electrons. The maximum Gasteiger partial charge on any atom is 0.232 e. The van der Waals surface area contributed by atoms with E-state index in [0.29, 0.717) is 30.2 Å². The minimum atomic E-state index is 0.230. The predicted molar refractivity (Wildman–Crippen MR) is 98.7 cm³/mol. The van der Waals surface area contributed by atoms with Crippen LogP contribution in [0, 0.1) is 11.8 Å². The zero-order valence-corrected chi connectivity index (χ0v) is 15.1. The number of hydrogen-bond acceptors (Lipinski definition) is 7. The van der Waals surface area contributed by atoms with E-state index in [0.717, 1.165) is 24.5 Å². The second-order valence-corrected chi connectivity index (χ2v) is 6.93. The quantitative estimate of drug-likeness (QED) is 0.863. The average Bonchev–Trinajstić information content (AvgIpc) is 2.53. The lowest BCUT2D eigenvalue weighted by atomic mass is 9.92. The molecule has 2 aromatic rings. The summed E-state index contributed by atoms with van der Waals surface area (Å²) >= 11 is 0. The lowest BCUT2D eigenvalue weighted by Crippen LogP contribution is -2.38. The molecule has 1 fully saturated rings. The van der Waals surface area contributed by atoms with Crippen LogP contribution in [0.1, 0.15) is 26.1 Å². The Morgan fingerprint density at radius 2 is 1.96 bits per heavy atom. The van der Waals surface area contributed by atoms with Gasteiger partial charge in [0.2, 0.25) is 11.9 Å². The number of methoxy groups -OCH3 is 1. The van der Waals surface area contributed by atoms with Crippen LogP contribution in [0.5, 0.6) is 5.75 Å². The highest BCUT2D eigenvalue weighted by Crippen LogP contribution is 2.23. The fourth-order valence-corrected chi connectivity index (χ4v) is 3.52. The van der Waals surface area contributed by atoms with E-state index in [1.54, 1.807) is 7.11 Å². The van der Waals surface area contributed by atoms with Gasteiger partial charge in [0, 0.05) is 24.8 Å². The number of piperidine rings is 1. The van der Waals surface area contributed by atoms with Crippen molar-refractivity contribution < 1.29 is 4.74 Å². The van der Waals surface area contributed by atoms with Crippen molar-refractivity contribution in [3.8, 4) is 5.75 Å². The Kier molecular flexibility index (Phi) is 5.33. The van der Waals surface area contributed by atoms with Crippen LogP contribution in [-0.2, 0) is 6.54 Å². The van der Waals surface area contributed by atoms with Crippen molar-refractivity contribution in [2.75, 3.05) is 31.2 Å². The standard InChI is InChI=1S/C18H26N6O/c1-12-7-13(2)10-24(9-12)11-16-21-17(19)23-18(22-16)20-14-5-4-6-15(8-14)25-3/h4-6,8,12-13H,7,9-11H2,1-3H3,(H3,19,20,21,22,23)/t12-,13+. The number of nitrogens with one attached hydrogen (secondary N) is 1. The normalized spacial score (nSPS) is 21.1. The second kappa shape index (κ2) is 7.65. The maximum atomic E-state index is 5.88. The van der Waals surface area contributed by atoms with Gasteiger partial charge in [0.25, 0.3) is 0 Å². The van der Waals surface area contributed by atoms with E-state index in [1.165, 1.54) is 6.42 Å². The first-order valence-corrected chi connectivity index (χ1v) is 8.65. The highest BCUT2D eigenvalue weighted by molar-refractivity contribution is 5.56. The van der Waals surface area contributed by atoms with Gasteiger partial charge in [-0.1, -0.05) is 19.9 Å². The summed E-state index contributed by atoms with van der Waals surface area (Å²) in [5, 5.41) is 3.17. The van der Waals surface area contributed by atoms with Crippen molar-refractivity contribution in [3.63, 3.8) is 0 Å². The number of benzene rings is 1. The summed E-state index contributed by atoms with van der Waals surface area (Å²) in [5.41, 5.74) is 6.73. The Labute approximate surface area is 148 Å². The van der Waals surface area contributed by atoms with Crippen LogP contribution in [-0.4, -0.2) is 40.1 Å². The molecule has 0 bridgehead atoms. The fourth-order valence-electron chi connectivity index (χ4n) is 3.52. The lowest BCUT2D eigenvalue weighted by Gasteiger charge is -2.34. The molecule has 2 heterocycles. The van der Waals surface area contributed by atoms with E-state index in [9.17, 15) is 0 Å². The summed E-state index contributed by atoms with van der Waals surface area (Å²) in [7, 11) is 1.64. The van der Waals surface area contributed by atoms with E-state index < -0.39 is 0 Å². The maximum absolute atomic E-state index is 5.88. The van der Waals surface area contributed by atoms with Gasteiger partial charge in [-0.3, -0.25) is 4.90 Å². The second-order valence-electron chi connectivity index (χ2n) is 6.93. The highest BCUT2D eigenvalue weighted by atomic mass is 16.5. The van der Waals surface area contributed by atoms with Gasteiger partial charge in [-0.15, -0.1) is 0 Å². The number of nitrogens with two attached hydrogens (primary N) is 1. The minimum absolute atomic E-state index is 0.230. The van der Waals surface area contributed by atoms with Gasteiger partial charge in [-0.05, 0) is 30.4 Å². The van der Waals surface area contributed by atoms with Gasteiger partial charge in [-0.2, -0.15) is 15.0 Å². The Hall–Kier alpha value is -2.41. The molecule has 1 aromatic heterocycles. The third-order valence-electron chi connectivity index (χ3n) is 4.33. The van der Waals surface area contributed by atoms with Crippen molar-refractivity contribution in [2.24, 2.45) is 11.8 Å². The summed E-state index contributed by atoms with van der Waals surface area (Å²) in [5.74, 6) is 3.53. The molecule has 1 aliphatic rings. The van der Waals surface area contributed by atoms with Gasteiger partial charge >= 0.3 is 0 Å². The SMILES string of the molecule is COc1cccc(Nc2nc(N)nc(CN3C[C@H](C)C[C@H](C)C3)n2)c1. The van der Waals surface area contributed by atoms with Gasteiger partial charge in [-0.25, -0.2) is 0 Å². The van der Waals surface area contributed by atoms with E-state index in [1.807, 2.05) is 24.3 Å². The van der Waals surface area contributed by atoms with Crippen molar-refractivity contribution in [1.29, 1.82) is 0 Å². The van der Waals surface area contributed by atoms with E-state index in [-0.39, 0.29) is 5.95 Å². The monoisotopic (exact) mass is 342 g/mol. The Balaban J connectivity index is 1.73. The summed E-state index contributed by atoms with van der Waals surface area (Å²) in [6.45, 7) is 7.40. The van der Waals surface area contributed by atoms with E-state index in [2.05, 4.69) is 39.0 Å². The number of anilines is 3. The molecule has 25 heavy (non-hydrogen) atoms. The topological polar surface area (TPSA) is 89.2 Å². The molecule has 7 heteroatoms. The molecule has 0 spiro atoms. The van der Waals surface area contributed by atoms with Crippen LogP contribution in [0.25, 0.3) is 0 Å². The van der Waals surface area contributed by atoms with Crippen LogP contribution < -0.4 is 15.8 Å². The van der Waals surface area contributed by atoms with Crippen molar-refractivity contribution in [3.05, 3.63) is 30.1 Å². The van der Waals surface area contributed by atoms with Crippen LogP contribution in [0.2, 0.25) is 0 Å². The van der Waals surface area contributed by atoms with E-state index in [4.69, 9.17) is 10.5 Å². The van der Waals surface area contributed by atoms with Crippen LogP contribution >= 0.6 is 0 Å². The molecule has 3 rings (SSSR count). The molecule has 0 unspecified atom stereocenters. The third kappa shape index (κ3) is 4.79. The largest absolute Gasteiger partial charge is 0.497 e. The first-order valence-electron chi connectivity index (χ1n) is 8.65. The zero-order chi connectivity index (χ0) is 17.8. The number of nitrogens with zero attached hydrogens (tertiary/aromatic N) is 4. The summed E-state index contributed by atoms with van der Waals surface area (Å²) in [6.07, 6.45) is 1.28. The molecule has 1 aliphatic heterocycles. The van der Waals surface area contributed by atoms with Crippen molar-refractivity contribution in [2.45, 2.75) is 26.8 Å². The highest BCUT2D eigenvalue weighted by Gasteiger charge is 2.22. The predicted octanol–water partition coefficient (Wildman–Crippen LogP) is 2.68. The molecule has 1 aromatic carbocycles. The van der Waals surface area contributed by atoms with E-state index >= 15 is 0 Å².